The Labute approximate surface area is 171 Å². The Hall–Kier alpha value is -2.45. The van der Waals surface area contributed by atoms with Crippen LogP contribution in [0.2, 0.25) is 0 Å². The van der Waals surface area contributed by atoms with E-state index in [1.54, 1.807) is 13.8 Å². The van der Waals surface area contributed by atoms with Crippen molar-refractivity contribution in [3.8, 4) is 0 Å². The molecule has 0 bridgehead atoms. The monoisotopic (exact) mass is 406 g/mol. The quantitative estimate of drug-likeness (QED) is 0.568. The average molecular weight is 406 g/mol. The number of hydrogen-bond acceptors (Lipinski definition) is 6. The highest BCUT2D eigenvalue weighted by Gasteiger charge is 2.42. The Morgan fingerprint density at radius 1 is 1.24 bits per heavy atom. The highest BCUT2D eigenvalue weighted by atomic mass is 16.5. The zero-order valence-corrected chi connectivity index (χ0v) is 17.2. The summed E-state index contributed by atoms with van der Waals surface area (Å²) in [5.74, 6) is -1.85. The smallest absolute Gasteiger partial charge is 0.326 e. The van der Waals surface area contributed by atoms with Gasteiger partial charge in [-0.1, -0.05) is 37.3 Å². The molecule has 1 heterocycles. The van der Waals surface area contributed by atoms with Crippen LogP contribution in [0.15, 0.2) is 30.3 Å². The number of rotatable bonds is 10. The second kappa shape index (κ2) is 10.9. The van der Waals surface area contributed by atoms with Gasteiger partial charge in [-0.3, -0.25) is 14.9 Å². The molecular formula is C21H30N2O6. The van der Waals surface area contributed by atoms with E-state index in [1.807, 2.05) is 37.3 Å². The van der Waals surface area contributed by atoms with Crippen LogP contribution in [0.5, 0.6) is 0 Å². The van der Waals surface area contributed by atoms with Gasteiger partial charge in [-0.25, -0.2) is 4.79 Å². The van der Waals surface area contributed by atoms with Gasteiger partial charge in [0.2, 0.25) is 5.91 Å². The first-order valence-corrected chi connectivity index (χ1v) is 9.98. The maximum absolute atomic E-state index is 12.9. The van der Waals surface area contributed by atoms with Crippen molar-refractivity contribution in [2.75, 3.05) is 13.2 Å². The summed E-state index contributed by atoms with van der Waals surface area (Å²) in [6, 6.07) is 7.29. The molecule has 2 unspecified atom stereocenters. The first-order chi connectivity index (χ1) is 13.9. The molecule has 0 aliphatic carbocycles. The Balaban J connectivity index is 1.99. The van der Waals surface area contributed by atoms with Gasteiger partial charge in [0.25, 0.3) is 0 Å². The molecule has 4 atom stereocenters. The van der Waals surface area contributed by atoms with Crippen molar-refractivity contribution < 1.29 is 29.0 Å². The minimum absolute atomic E-state index is 0.199. The normalized spacial score (nSPS) is 20.9. The third-order valence-electron chi connectivity index (χ3n) is 4.96. The Morgan fingerprint density at radius 3 is 2.52 bits per heavy atom. The van der Waals surface area contributed by atoms with Gasteiger partial charge < -0.3 is 19.5 Å². The van der Waals surface area contributed by atoms with Gasteiger partial charge in [0.05, 0.1) is 25.4 Å². The number of benzene rings is 1. The van der Waals surface area contributed by atoms with Crippen LogP contribution in [0.3, 0.4) is 0 Å². The number of carbonyl (C=O) groups excluding carboxylic acids is 2. The van der Waals surface area contributed by atoms with E-state index in [0.717, 1.165) is 5.56 Å². The molecule has 1 aromatic rings. The molecule has 0 saturated carbocycles. The lowest BCUT2D eigenvalue weighted by Crippen LogP contribution is -2.53. The van der Waals surface area contributed by atoms with Crippen molar-refractivity contribution in [3.63, 3.8) is 0 Å². The van der Waals surface area contributed by atoms with Crippen LogP contribution < -0.4 is 5.32 Å². The molecule has 1 fully saturated rings. The second-order valence-corrected chi connectivity index (χ2v) is 7.10. The number of carboxylic acids is 1. The summed E-state index contributed by atoms with van der Waals surface area (Å²) < 4.78 is 10.9. The predicted octanol–water partition coefficient (Wildman–Crippen LogP) is 1.58. The van der Waals surface area contributed by atoms with E-state index in [-0.39, 0.29) is 31.6 Å². The van der Waals surface area contributed by atoms with Crippen molar-refractivity contribution in [2.45, 2.75) is 64.4 Å². The van der Waals surface area contributed by atoms with E-state index < -0.39 is 30.1 Å². The lowest BCUT2D eigenvalue weighted by molar-refractivity contribution is -0.150. The summed E-state index contributed by atoms with van der Waals surface area (Å²) in [7, 11) is 0. The van der Waals surface area contributed by atoms with Gasteiger partial charge in [-0.05, 0) is 25.8 Å². The molecule has 8 heteroatoms. The van der Waals surface area contributed by atoms with Gasteiger partial charge in [-0.15, -0.1) is 0 Å². The van der Waals surface area contributed by atoms with Gasteiger partial charge in [0.1, 0.15) is 12.1 Å². The SMILES string of the molecule is CCOC(=O)C(CC)N[C@@H](C)C(=O)N1CC(OCc2ccccc2)C[C@H]1C(=O)O. The van der Waals surface area contributed by atoms with Gasteiger partial charge in [-0.2, -0.15) is 0 Å². The van der Waals surface area contributed by atoms with Crippen LogP contribution >= 0.6 is 0 Å². The fourth-order valence-corrected chi connectivity index (χ4v) is 3.40. The molecule has 0 radical (unpaired) electrons. The van der Waals surface area contributed by atoms with Crippen LogP contribution in [0.4, 0.5) is 0 Å². The zero-order chi connectivity index (χ0) is 21.4. The Morgan fingerprint density at radius 2 is 1.93 bits per heavy atom. The van der Waals surface area contributed by atoms with Gasteiger partial charge in [0, 0.05) is 13.0 Å². The van der Waals surface area contributed by atoms with E-state index >= 15 is 0 Å². The molecule has 160 valence electrons. The molecule has 1 aliphatic heterocycles. The fraction of sp³-hybridized carbons (Fsp3) is 0.571. The molecule has 0 spiro atoms. The molecule has 1 aliphatic rings. The van der Waals surface area contributed by atoms with Crippen molar-refractivity contribution in [3.05, 3.63) is 35.9 Å². The summed E-state index contributed by atoms with van der Waals surface area (Å²) in [5.41, 5.74) is 0.986. The first-order valence-electron chi connectivity index (χ1n) is 9.98. The third kappa shape index (κ3) is 6.27. The molecule has 2 N–H and O–H groups in total. The molecule has 1 saturated heterocycles. The minimum atomic E-state index is -1.06. The van der Waals surface area contributed by atoms with Gasteiger partial charge in [0.15, 0.2) is 0 Å². The number of carbonyl (C=O) groups is 3. The summed E-state index contributed by atoms with van der Waals surface area (Å²) >= 11 is 0. The van der Waals surface area contributed by atoms with E-state index in [2.05, 4.69) is 5.32 Å². The number of nitrogens with zero attached hydrogens (tertiary/aromatic N) is 1. The molecule has 1 amide bonds. The number of ether oxygens (including phenoxy) is 2. The van der Waals surface area contributed by atoms with Crippen molar-refractivity contribution in [2.24, 2.45) is 0 Å². The van der Waals surface area contributed by atoms with Crippen molar-refractivity contribution >= 4 is 17.8 Å². The van der Waals surface area contributed by atoms with Crippen molar-refractivity contribution in [1.82, 2.24) is 10.2 Å². The maximum atomic E-state index is 12.9. The fourth-order valence-electron chi connectivity index (χ4n) is 3.40. The number of esters is 1. The summed E-state index contributed by atoms with van der Waals surface area (Å²) in [4.78, 5) is 37.9. The number of nitrogens with one attached hydrogen (secondary N) is 1. The van der Waals surface area contributed by atoms with Crippen LogP contribution in [-0.2, 0) is 30.5 Å². The topological polar surface area (TPSA) is 105 Å². The molecule has 29 heavy (non-hydrogen) atoms. The minimum Gasteiger partial charge on any atom is -0.480 e. The first kappa shape index (κ1) is 22.8. The average Bonchev–Trinajstić information content (AvgIpc) is 3.15. The summed E-state index contributed by atoms with van der Waals surface area (Å²) in [6.07, 6.45) is 0.330. The highest BCUT2D eigenvalue weighted by molar-refractivity contribution is 5.88. The third-order valence-corrected chi connectivity index (χ3v) is 4.96. The number of likely N-dealkylation sites (tertiary alicyclic amines) is 1. The molecule has 1 aromatic carbocycles. The lowest BCUT2D eigenvalue weighted by Gasteiger charge is -2.27. The molecule has 2 rings (SSSR count). The van der Waals surface area contributed by atoms with E-state index in [1.165, 1.54) is 4.90 Å². The summed E-state index contributed by atoms with van der Waals surface area (Å²) in [6.45, 7) is 5.97. The zero-order valence-electron chi connectivity index (χ0n) is 17.2. The van der Waals surface area contributed by atoms with Crippen LogP contribution in [0.25, 0.3) is 0 Å². The molecule has 8 nitrogen and oxygen atoms in total. The van der Waals surface area contributed by atoms with Crippen LogP contribution in [0, 0.1) is 0 Å². The standard InChI is InChI=1S/C21H30N2O6/c1-4-17(21(27)28-5-2)22-14(3)19(24)23-12-16(11-18(23)20(25)26)29-13-15-9-7-6-8-10-15/h6-10,14,16-18,22H,4-5,11-13H2,1-3H3,(H,25,26)/t14-,16?,17?,18-/m0/s1. The summed E-state index contributed by atoms with van der Waals surface area (Å²) in [5, 5.41) is 12.5. The molecule has 0 aromatic heterocycles. The van der Waals surface area contributed by atoms with Crippen molar-refractivity contribution in [1.29, 1.82) is 0 Å². The van der Waals surface area contributed by atoms with E-state index in [4.69, 9.17) is 9.47 Å². The van der Waals surface area contributed by atoms with E-state index in [9.17, 15) is 19.5 Å². The second-order valence-electron chi connectivity index (χ2n) is 7.10. The van der Waals surface area contributed by atoms with Crippen LogP contribution in [0.1, 0.15) is 39.2 Å². The lowest BCUT2D eigenvalue weighted by atomic mass is 10.1. The van der Waals surface area contributed by atoms with E-state index in [0.29, 0.717) is 13.0 Å². The largest absolute Gasteiger partial charge is 0.480 e. The molecular weight excluding hydrogens is 376 g/mol. The number of carboxylic acid groups (broad SMARTS) is 1. The Bertz CT molecular complexity index is 696. The van der Waals surface area contributed by atoms with Crippen LogP contribution in [-0.4, -0.2) is 65.2 Å². The number of aliphatic carboxylic acids is 1. The maximum Gasteiger partial charge on any atom is 0.326 e. The van der Waals surface area contributed by atoms with Gasteiger partial charge >= 0.3 is 11.9 Å². The number of amides is 1. The highest BCUT2D eigenvalue weighted by Crippen LogP contribution is 2.23. The predicted molar refractivity (Wildman–Crippen MR) is 106 cm³/mol. The number of hydrogen-bond donors (Lipinski definition) is 2. The Kier molecular flexibility index (Phi) is 8.60.